The molecule has 0 unspecified atom stereocenters. The number of anilines is 1. The monoisotopic (exact) mass is 334 g/mol. The molecule has 0 saturated heterocycles. The highest BCUT2D eigenvalue weighted by Gasteiger charge is 2.26. The van der Waals surface area contributed by atoms with Gasteiger partial charge in [-0.2, -0.15) is 0 Å². The maximum Gasteiger partial charge on any atom is 0.321 e. The zero-order valence-electron chi connectivity index (χ0n) is 15.0. The fourth-order valence-electron chi connectivity index (χ4n) is 3.15. The summed E-state index contributed by atoms with van der Waals surface area (Å²) in [6.45, 7) is 4.96. The van der Waals surface area contributed by atoms with Crippen LogP contribution < -0.4 is 10.1 Å². The lowest BCUT2D eigenvalue weighted by Gasteiger charge is -2.34. The third-order valence-electron chi connectivity index (χ3n) is 4.78. The van der Waals surface area contributed by atoms with Crippen molar-refractivity contribution >= 4 is 11.7 Å². The highest BCUT2D eigenvalue weighted by Crippen LogP contribution is 2.29. The lowest BCUT2D eigenvalue weighted by Crippen LogP contribution is -2.42. The molecule has 0 aromatic heterocycles. The Labute approximate surface area is 145 Å². The van der Waals surface area contributed by atoms with Crippen LogP contribution in [0.5, 0.6) is 5.75 Å². The molecule has 0 heterocycles. The Bertz CT molecular complexity index is 539. The van der Waals surface area contributed by atoms with Gasteiger partial charge in [-0.3, -0.25) is 0 Å². The Kier molecular flexibility index (Phi) is 6.91. The number of ether oxygens (including phenoxy) is 1. The van der Waals surface area contributed by atoms with Gasteiger partial charge in [-0.05, 0) is 62.6 Å². The molecule has 0 radical (unpaired) electrons. The number of carbonyl (C=O) groups is 1. The van der Waals surface area contributed by atoms with Crippen LogP contribution in [0.2, 0.25) is 0 Å². The van der Waals surface area contributed by atoms with E-state index in [-0.39, 0.29) is 18.7 Å². The van der Waals surface area contributed by atoms with Crippen LogP contribution in [0.3, 0.4) is 0 Å². The number of amides is 2. The molecule has 0 spiro atoms. The molecular formula is C19H30N2O3. The Morgan fingerprint density at radius 1 is 1.33 bits per heavy atom. The standard InChI is InChI=1S/C19H30N2O3/c1-4-11-24-18-12-14(2)5-10-17(18)20-19(23)21(3)16-8-6-15(13-22)7-9-16/h5,10,12,15-16,22H,4,6-9,11,13H2,1-3H3,(H,20,23). The molecule has 0 bridgehead atoms. The summed E-state index contributed by atoms with van der Waals surface area (Å²) in [7, 11) is 1.85. The third kappa shape index (κ3) is 4.87. The molecule has 5 heteroatoms. The van der Waals surface area contributed by atoms with Crippen LogP contribution in [-0.2, 0) is 0 Å². The minimum Gasteiger partial charge on any atom is -0.491 e. The van der Waals surface area contributed by atoms with Gasteiger partial charge in [-0.25, -0.2) is 4.79 Å². The summed E-state index contributed by atoms with van der Waals surface area (Å²) in [6.07, 6.45) is 4.78. The molecular weight excluding hydrogens is 304 g/mol. The number of nitrogens with one attached hydrogen (secondary N) is 1. The molecule has 134 valence electrons. The zero-order valence-corrected chi connectivity index (χ0v) is 15.0. The molecule has 1 aliphatic rings. The molecule has 1 aliphatic carbocycles. The Balaban J connectivity index is 1.98. The molecule has 1 fully saturated rings. The van der Waals surface area contributed by atoms with Gasteiger partial charge >= 0.3 is 6.03 Å². The van der Waals surface area contributed by atoms with Gasteiger partial charge < -0.3 is 20.1 Å². The number of aryl methyl sites for hydroxylation is 1. The number of aliphatic hydroxyl groups is 1. The van der Waals surface area contributed by atoms with E-state index in [4.69, 9.17) is 4.74 Å². The van der Waals surface area contributed by atoms with Gasteiger partial charge in [-0.15, -0.1) is 0 Å². The molecule has 1 saturated carbocycles. The molecule has 1 aromatic rings. The van der Waals surface area contributed by atoms with Crippen molar-refractivity contribution in [2.75, 3.05) is 25.6 Å². The quantitative estimate of drug-likeness (QED) is 0.832. The van der Waals surface area contributed by atoms with E-state index < -0.39 is 0 Å². The van der Waals surface area contributed by atoms with Crippen molar-refractivity contribution in [3.8, 4) is 5.75 Å². The van der Waals surface area contributed by atoms with E-state index >= 15 is 0 Å². The second-order valence-corrected chi connectivity index (χ2v) is 6.75. The van der Waals surface area contributed by atoms with Crippen LogP contribution in [0.15, 0.2) is 18.2 Å². The van der Waals surface area contributed by atoms with Crippen molar-refractivity contribution in [2.24, 2.45) is 5.92 Å². The maximum absolute atomic E-state index is 12.6. The molecule has 5 nitrogen and oxygen atoms in total. The summed E-state index contributed by atoms with van der Waals surface area (Å²) in [4.78, 5) is 14.4. The highest BCUT2D eigenvalue weighted by molar-refractivity contribution is 5.91. The van der Waals surface area contributed by atoms with Crippen molar-refractivity contribution in [2.45, 2.75) is 52.0 Å². The van der Waals surface area contributed by atoms with Crippen molar-refractivity contribution < 1.29 is 14.6 Å². The van der Waals surface area contributed by atoms with Crippen LogP contribution in [0.4, 0.5) is 10.5 Å². The van der Waals surface area contributed by atoms with Crippen molar-refractivity contribution in [3.63, 3.8) is 0 Å². The van der Waals surface area contributed by atoms with Crippen LogP contribution in [0.25, 0.3) is 0 Å². The van der Waals surface area contributed by atoms with Crippen LogP contribution in [0.1, 0.15) is 44.6 Å². The van der Waals surface area contributed by atoms with Gasteiger partial charge in [-0.1, -0.05) is 13.0 Å². The summed E-state index contributed by atoms with van der Waals surface area (Å²) >= 11 is 0. The summed E-state index contributed by atoms with van der Waals surface area (Å²) in [5, 5.41) is 12.2. The Morgan fingerprint density at radius 3 is 2.67 bits per heavy atom. The smallest absolute Gasteiger partial charge is 0.321 e. The van der Waals surface area contributed by atoms with E-state index in [0.717, 1.165) is 49.1 Å². The number of hydrogen-bond donors (Lipinski definition) is 2. The van der Waals surface area contributed by atoms with E-state index in [2.05, 4.69) is 12.2 Å². The Hall–Kier alpha value is -1.75. The first-order chi connectivity index (χ1) is 11.5. The first kappa shape index (κ1) is 18.6. The molecule has 2 rings (SSSR count). The molecule has 2 N–H and O–H groups in total. The molecule has 0 aliphatic heterocycles. The lowest BCUT2D eigenvalue weighted by molar-refractivity contribution is 0.139. The number of carbonyl (C=O) groups excluding carboxylic acids is 1. The number of urea groups is 1. The minimum atomic E-state index is -0.104. The first-order valence-corrected chi connectivity index (χ1v) is 8.93. The fraction of sp³-hybridized carbons (Fsp3) is 0.632. The van der Waals surface area contributed by atoms with Gasteiger partial charge in [0.15, 0.2) is 0 Å². The summed E-state index contributed by atoms with van der Waals surface area (Å²) < 4.78 is 5.76. The number of benzene rings is 1. The molecule has 24 heavy (non-hydrogen) atoms. The van der Waals surface area contributed by atoms with E-state index in [0.29, 0.717) is 12.5 Å². The molecule has 2 amide bonds. The van der Waals surface area contributed by atoms with E-state index in [1.807, 2.05) is 32.2 Å². The van der Waals surface area contributed by atoms with E-state index in [1.54, 1.807) is 4.90 Å². The summed E-state index contributed by atoms with van der Waals surface area (Å²) in [6, 6.07) is 5.96. The van der Waals surface area contributed by atoms with Crippen LogP contribution in [0, 0.1) is 12.8 Å². The zero-order chi connectivity index (χ0) is 17.5. The van der Waals surface area contributed by atoms with Gasteiger partial charge in [0, 0.05) is 19.7 Å². The average Bonchev–Trinajstić information content (AvgIpc) is 2.61. The number of rotatable bonds is 6. The number of aliphatic hydroxyl groups excluding tert-OH is 1. The molecule has 1 aromatic carbocycles. The van der Waals surface area contributed by atoms with Gasteiger partial charge in [0.2, 0.25) is 0 Å². The van der Waals surface area contributed by atoms with Crippen LogP contribution >= 0.6 is 0 Å². The van der Waals surface area contributed by atoms with Crippen molar-refractivity contribution in [1.29, 1.82) is 0 Å². The predicted octanol–water partition coefficient (Wildman–Crippen LogP) is 3.80. The van der Waals surface area contributed by atoms with Gasteiger partial charge in [0.05, 0.1) is 12.3 Å². The first-order valence-electron chi connectivity index (χ1n) is 8.93. The number of hydrogen-bond acceptors (Lipinski definition) is 3. The third-order valence-corrected chi connectivity index (χ3v) is 4.78. The minimum absolute atomic E-state index is 0.104. The topological polar surface area (TPSA) is 61.8 Å². The van der Waals surface area contributed by atoms with Crippen molar-refractivity contribution in [3.05, 3.63) is 23.8 Å². The predicted molar refractivity (Wildman–Crippen MR) is 96.6 cm³/mol. The maximum atomic E-state index is 12.6. The summed E-state index contributed by atoms with van der Waals surface area (Å²) in [5.74, 6) is 1.12. The van der Waals surface area contributed by atoms with E-state index in [9.17, 15) is 9.90 Å². The second kappa shape index (κ2) is 8.92. The van der Waals surface area contributed by atoms with E-state index in [1.165, 1.54) is 0 Å². The number of nitrogens with zero attached hydrogens (tertiary/aromatic N) is 1. The average molecular weight is 334 g/mol. The van der Waals surface area contributed by atoms with Gasteiger partial charge in [0.1, 0.15) is 5.75 Å². The normalized spacial score (nSPS) is 20.5. The van der Waals surface area contributed by atoms with Crippen LogP contribution in [-0.4, -0.2) is 42.3 Å². The van der Waals surface area contributed by atoms with Crippen molar-refractivity contribution in [1.82, 2.24) is 4.90 Å². The van der Waals surface area contributed by atoms with Gasteiger partial charge in [0.25, 0.3) is 0 Å². The fourth-order valence-corrected chi connectivity index (χ4v) is 3.15. The summed E-state index contributed by atoms with van der Waals surface area (Å²) in [5.41, 5.74) is 1.82. The SMILES string of the molecule is CCCOc1cc(C)ccc1NC(=O)N(C)C1CCC(CO)CC1. The Morgan fingerprint density at radius 2 is 2.04 bits per heavy atom. The highest BCUT2D eigenvalue weighted by atomic mass is 16.5. The molecule has 0 atom stereocenters. The largest absolute Gasteiger partial charge is 0.491 e. The lowest BCUT2D eigenvalue weighted by atomic mass is 9.86. The second-order valence-electron chi connectivity index (χ2n) is 6.75.